The number of halogens is 3. The Labute approximate surface area is 194 Å². The second-order valence-electron chi connectivity index (χ2n) is 6.91. The summed E-state index contributed by atoms with van der Waals surface area (Å²) in [5.74, 6) is -10.5. The van der Waals surface area contributed by atoms with Crippen LogP contribution in [0.2, 0.25) is 0 Å². The summed E-state index contributed by atoms with van der Waals surface area (Å²) in [5, 5.41) is 0. The average molecular weight is 491 g/mol. The van der Waals surface area contributed by atoms with Crippen molar-refractivity contribution in [2.45, 2.75) is 46.7 Å². The molecule has 34 heavy (non-hydrogen) atoms. The molecule has 0 aliphatic heterocycles. The van der Waals surface area contributed by atoms with Gasteiger partial charge >= 0.3 is 30.1 Å². The van der Waals surface area contributed by atoms with Gasteiger partial charge in [0.2, 0.25) is 0 Å². The van der Waals surface area contributed by atoms with Crippen LogP contribution in [0.5, 0.6) is 0 Å². The zero-order chi connectivity index (χ0) is 26.1. The van der Waals surface area contributed by atoms with Crippen molar-refractivity contribution in [3.8, 4) is 0 Å². The summed E-state index contributed by atoms with van der Waals surface area (Å²) in [6.45, 7) is 6.40. The zero-order valence-electron chi connectivity index (χ0n) is 19.6. The van der Waals surface area contributed by atoms with Crippen LogP contribution in [0.25, 0.3) is 0 Å². The van der Waals surface area contributed by atoms with Crippen molar-refractivity contribution in [3.63, 3.8) is 0 Å². The summed E-state index contributed by atoms with van der Waals surface area (Å²) < 4.78 is 60.2. The molecule has 190 valence electrons. The first-order valence-electron chi connectivity index (χ1n) is 10.6. The Morgan fingerprint density at radius 2 is 1.15 bits per heavy atom. The Morgan fingerprint density at radius 3 is 1.44 bits per heavy atom. The van der Waals surface area contributed by atoms with Gasteiger partial charge < -0.3 is 18.9 Å². The largest absolute Gasteiger partial charge is 0.465 e. The van der Waals surface area contributed by atoms with E-state index in [4.69, 9.17) is 18.9 Å². The topological polar surface area (TPSA) is 118 Å². The van der Waals surface area contributed by atoms with Crippen molar-refractivity contribution in [3.05, 3.63) is 29.1 Å². The highest BCUT2D eigenvalue weighted by Crippen LogP contribution is 2.40. The maximum atomic E-state index is 13.5. The lowest BCUT2D eigenvalue weighted by molar-refractivity contribution is -0.169. The number of aromatic nitrogens is 1. The molecule has 1 aromatic rings. The van der Waals surface area contributed by atoms with Crippen molar-refractivity contribution in [1.82, 2.24) is 4.98 Å². The van der Waals surface area contributed by atoms with Gasteiger partial charge in [-0.2, -0.15) is 13.2 Å². The van der Waals surface area contributed by atoms with Crippen molar-refractivity contribution in [1.29, 1.82) is 0 Å². The molecule has 1 rings (SSSR count). The van der Waals surface area contributed by atoms with Gasteiger partial charge in [0.05, 0.1) is 26.4 Å². The van der Waals surface area contributed by atoms with Crippen molar-refractivity contribution < 1.29 is 51.3 Å². The van der Waals surface area contributed by atoms with Crippen LogP contribution >= 0.6 is 0 Å². The number of ether oxygens (including phenoxy) is 4. The van der Waals surface area contributed by atoms with Crippen molar-refractivity contribution in [2.75, 3.05) is 26.4 Å². The monoisotopic (exact) mass is 491 g/mol. The molecule has 12 heteroatoms. The van der Waals surface area contributed by atoms with Crippen molar-refractivity contribution >= 4 is 23.9 Å². The minimum absolute atomic E-state index is 0.0789. The fourth-order valence-corrected chi connectivity index (χ4v) is 3.31. The molecule has 0 aliphatic carbocycles. The number of hydrogen-bond donors (Lipinski definition) is 0. The van der Waals surface area contributed by atoms with E-state index in [-0.39, 0.29) is 37.6 Å². The molecule has 0 radical (unpaired) electrons. The van der Waals surface area contributed by atoms with Gasteiger partial charge in [0.15, 0.2) is 11.8 Å². The summed E-state index contributed by atoms with van der Waals surface area (Å²) in [6, 6.07) is 0.580. The second kappa shape index (κ2) is 12.9. The Hall–Kier alpha value is -3.18. The number of aryl methyl sites for hydroxylation is 1. The van der Waals surface area contributed by atoms with Crippen LogP contribution in [0.3, 0.4) is 0 Å². The molecule has 0 atom stereocenters. The maximum Gasteiger partial charge on any atom is 0.433 e. The molecule has 0 aromatic carbocycles. The zero-order valence-corrected chi connectivity index (χ0v) is 19.6. The number of alkyl halides is 3. The van der Waals surface area contributed by atoms with E-state index >= 15 is 0 Å². The molecular formula is C22H28F3NO8. The van der Waals surface area contributed by atoms with Gasteiger partial charge in [-0.05, 0) is 51.8 Å². The lowest BCUT2D eigenvalue weighted by Gasteiger charge is -2.30. The number of pyridine rings is 1. The van der Waals surface area contributed by atoms with Gasteiger partial charge in [-0.1, -0.05) is 0 Å². The molecule has 0 unspecified atom stereocenters. The van der Waals surface area contributed by atoms with Crippen LogP contribution in [0.15, 0.2) is 12.3 Å². The normalized spacial score (nSPS) is 11.5. The van der Waals surface area contributed by atoms with Crippen LogP contribution in [0.1, 0.15) is 50.4 Å². The fraction of sp³-hybridized carbons (Fsp3) is 0.591. The first kappa shape index (κ1) is 28.9. The van der Waals surface area contributed by atoms with Crippen LogP contribution < -0.4 is 0 Å². The van der Waals surface area contributed by atoms with Gasteiger partial charge in [0.25, 0.3) is 0 Å². The Balaban J connectivity index is 3.98. The highest BCUT2D eigenvalue weighted by Gasteiger charge is 2.50. The van der Waals surface area contributed by atoms with Gasteiger partial charge in [-0.15, -0.1) is 0 Å². The summed E-state index contributed by atoms with van der Waals surface area (Å²) in [6.07, 6.45) is -4.02. The van der Waals surface area contributed by atoms with Gasteiger partial charge in [0.1, 0.15) is 5.69 Å². The average Bonchev–Trinajstić information content (AvgIpc) is 2.73. The fourth-order valence-electron chi connectivity index (χ4n) is 3.31. The Morgan fingerprint density at radius 1 is 0.794 bits per heavy atom. The van der Waals surface area contributed by atoms with Gasteiger partial charge in [0, 0.05) is 12.1 Å². The van der Waals surface area contributed by atoms with Crippen LogP contribution in [0, 0.1) is 18.8 Å². The third kappa shape index (κ3) is 7.16. The predicted octanol–water partition coefficient (Wildman–Crippen LogP) is 2.98. The predicted molar refractivity (Wildman–Crippen MR) is 110 cm³/mol. The lowest BCUT2D eigenvalue weighted by atomic mass is 9.75. The second-order valence-corrected chi connectivity index (χ2v) is 6.91. The van der Waals surface area contributed by atoms with Crippen LogP contribution in [-0.4, -0.2) is 55.3 Å². The number of carbonyl (C=O) groups is 4. The highest BCUT2D eigenvalue weighted by molar-refractivity contribution is 6.01. The molecule has 1 heterocycles. The summed E-state index contributed by atoms with van der Waals surface area (Å²) in [7, 11) is 0. The van der Waals surface area contributed by atoms with Crippen molar-refractivity contribution in [2.24, 2.45) is 11.8 Å². The van der Waals surface area contributed by atoms with E-state index in [2.05, 4.69) is 4.98 Å². The molecular weight excluding hydrogens is 463 g/mol. The van der Waals surface area contributed by atoms with Crippen LogP contribution in [0.4, 0.5) is 13.2 Å². The first-order valence-corrected chi connectivity index (χ1v) is 10.6. The van der Waals surface area contributed by atoms with Crippen LogP contribution in [-0.2, 0) is 44.3 Å². The lowest BCUT2D eigenvalue weighted by Crippen LogP contribution is -2.43. The standard InChI is InChI=1S/C22H28F3NO8/c1-6-31-18(27)16(19(28)32-7-2)15(17(20(29)33-8-3)21(30)34-9-4)13-10-14(22(23,24)25)26-11-12(13)5/h10-11,15-17H,6-9H2,1-5H3. The first-order chi connectivity index (χ1) is 15.9. The van der Waals surface area contributed by atoms with E-state index in [0.717, 1.165) is 6.20 Å². The minimum Gasteiger partial charge on any atom is -0.465 e. The number of hydrogen-bond acceptors (Lipinski definition) is 9. The third-order valence-electron chi connectivity index (χ3n) is 4.67. The minimum atomic E-state index is -4.89. The molecule has 0 fully saturated rings. The molecule has 0 amide bonds. The third-order valence-corrected chi connectivity index (χ3v) is 4.67. The summed E-state index contributed by atoms with van der Waals surface area (Å²) >= 11 is 0. The molecule has 0 saturated heterocycles. The molecule has 9 nitrogen and oxygen atoms in total. The Kier molecular flexibility index (Phi) is 10.9. The van der Waals surface area contributed by atoms with E-state index in [1.54, 1.807) is 0 Å². The summed E-state index contributed by atoms with van der Waals surface area (Å²) in [5.41, 5.74) is -1.58. The number of rotatable bonds is 11. The number of esters is 4. The van der Waals surface area contributed by atoms with E-state index in [1.165, 1.54) is 34.6 Å². The van der Waals surface area contributed by atoms with Gasteiger partial charge in [-0.3, -0.25) is 24.2 Å². The molecule has 1 aromatic heterocycles. The molecule has 0 N–H and O–H groups in total. The molecule has 0 aliphatic rings. The highest BCUT2D eigenvalue weighted by atomic mass is 19.4. The smallest absolute Gasteiger partial charge is 0.433 e. The SMILES string of the molecule is CCOC(=O)C(C(=O)OCC)C(c1cc(C(F)(F)F)ncc1C)C(C(=O)OCC)C(=O)OCC. The number of carbonyl (C=O) groups excluding carboxylic acids is 4. The van der Waals surface area contributed by atoms with E-state index in [9.17, 15) is 32.3 Å². The van der Waals surface area contributed by atoms with Gasteiger partial charge in [-0.25, -0.2) is 0 Å². The molecule has 0 spiro atoms. The quantitative estimate of drug-likeness (QED) is 0.261. The molecule has 0 bridgehead atoms. The summed E-state index contributed by atoms with van der Waals surface area (Å²) in [4.78, 5) is 54.8. The molecule has 0 saturated carbocycles. The van der Waals surface area contributed by atoms with E-state index in [1.807, 2.05) is 0 Å². The Bertz CT molecular complexity index is 811. The maximum absolute atomic E-state index is 13.5. The number of nitrogens with zero attached hydrogens (tertiary/aromatic N) is 1. The van der Waals surface area contributed by atoms with E-state index < -0.39 is 53.5 Å². The van der Waals surface area contributed by atoms with E-state index in [0.29, 0.717) is 6.07 Å².